The predicted molar refractivity (Wildman–Crippen MR) is 116 cm³/mol. The number of nitrogens with zero attached hydrogens (tertiary/aromatic N) is 2. The van der Waals surface area contributed by atoms with E-state index in [9.17, 15) is 4.79 Å². The fourth-order valence-corrected chi connectivity index (χ4v) is 3.48. The molecule has 0 radical (unpaired) electrons. The van der Waals surface area contributed by atoms with Gasteiger partial charge in [0.2, 0.25) is 5.88 Å². The summed E-state index contributed by atoms with van der Waals surface area (Å²) in [5, 5.41) is 4.09. The number of nitrogens with one attached hydrogen (secondary N) is 1. The van der Waals surface area contributed by atoms with Crippen LogP contribution in [0.5, 0.6) is 23.1 Å². The first-order valence-corrected chi connectivity index (χ1v) is 9.80. The molecule has 31 heavy (non-hydrogen) atoms. The van der Waals surface area contributed by atoms with Crippen LogP contribution in [-0.4, -0.2) is 37.1 Å². The van der Waals surface area contributed by atoms with Gasteiger partial charge in [-0.15, -0.1) is 0 Å². The average Bonchev–Trinajstić information content (AvgIpc) is 3.17. The van der Waals surface area contributed by atoms with Crippen LogP contribution in [0.15, 0.2) is 41.1 Å². The Kier molecular flexibility index (Phi) is 5.37. The van der Waals surface area contributed by atoms with E-state index in [1.54, 1.807) is 45.5 Å². The molecular weight excluding hydrogens is 398 g/mol. The zero-order chi connectivity index (χ0) is 22.1. The van der Waals surface area contributed by atoms with Gasteiger partial charge in [-0.25, -0.2) is 9.97 Å². The number of hydrogen-bond donors (Lipinski definition) is 1. The molecule has 1 amide bonds. The third-order valence-corrected chi connectivity index (χ3v) is 4.99. The molecule has 0 aliphatic carbocycles. The molecule has 2 heterocycles. The van der Waals surface area contributed by atoms with E-state index in [1.807, 2.05) is 19.9 Å². The zero-order valence-corrected chi connectivity index (χ0v) is 18.0. The van der Waals surface area contributed by atoms with Gasteiger partial charge in [-0.2, -0.15) is 0 Å². The summed E-state index contributed by atoms with van der Waals surface area (Å²) < 4.78 is 22.8. The summed E-state index contributed by atoms with van der Waals surface area (Å²) in [6, 6.07) is 8.89. The second-order valence-electron chi connectivity index (χ2n) is 7.24. The number of fused-ring (bicyclic) bond motifs is 2. The third kappa shape index (κ3) is 3.61. The first kappa shape index (κ1) is 20.5. The van der Waals surface area contributed by atoms with Crippen molar-refractivity contribution in [1.29, 1.82) is 0 Å². The molecule has 0 saturated heterocycles. The van der Waals surface area contributed by atoms with Crippen LogP contribution in [0, 0.1) is 0 Å². The summed E-state index contributed by atoms with van der Waals surface area (Å²) in [5.74, 6) is 2.52. The Labute approximate surface area is 179 Å². The molecule has 4 rings (SSSR count). The third-order valence-electron chi connectivity index (χ3n) is 4.99. The van der Waals surface area contributed by atoms with Crippen LogP contribution < -0.4 is 19.5 Å². The molecule has 8 heteroatoms. The molecule has 0 unspecified atom stereocenters. The minimum absolute atomic E-state index is 0.0531. The van der Waals surface area contributed by atoms with Crippen molar-refractivity contribution in [1.82, 2.24) is 15.3 Å². The molecule has 4 aromatic rings. The Morgan fingerprint density at radius 2 is 1.77 bits per heavy atom. The highest BCUT2D eigenvalue weighted by atomic mass is 16.5. The average molecular weight is 421 g/mol. The highest BCUT2D eigenvalue weighted by Crippen LogP contribution is 2.37. The fraction of sp³-hybridized carbons (Fsp3) is 0.261. The Hall–Kier alpha value is -3.81. The van der Waals surface area contributed by atoms with Gasteiger partial charge in [0, 0.05) is 30.5 Å². The number of methoxy groups -OCH3 is 2. The SMILES string of the molecule is CNC(=O)c1c(C(C)C)oc2cc(Oc3ncnc4cc(OC)c(OC)cc34)ccc12. The van der Waals surface area contributed by atoms with Crippen molar-refractivity contribution in [2.45, 2.75) is 19.8 Å². The number of ether oxygens (including phenoxy) is 3. The quantitative estimate of drug-likeness (QED) is 0.483. The van der Waals surface area contributed by atoms with Gasteiger partial charge in [0.15, 0.2) is 11.5 Å². The molecule has 0 bridgehead atoms. The molecule has 2 aromatic heterocycles. The zero-order valence-electron chi connectivity index (χ0n) is 18.0. The van der Waals surface area contributed by atoms with E-state index in [0.29, 0.717) is 50.9 Å². The summed E-state index contributed by atoms with van der Waals surface area (Å²) in [6.45, 7) is 3.96. The van der Waals surface area contributed by atoms with Gasteiger partial charge in [-0.3, -0.25) is 4.79 Å². The fourth-order valence-electron chi connectivity index (χ4n) is 3.48. The molecule has 160 valence electrons. The van der Waals surface area contributed by atoms with Crippen molar-refractivity contribution in [2.75, 3.05) is 21.3 Å². The lowest BCUT2D eigenvalue weighted by atomic mass is 10.0. The first-order chi connectivity index (χ1) is 15.0. The molecular formula is C23H23N3O5. The van der Waals surface area contributed by atoms with Gasteiger partial charge in [0.05, 0.1) is 30.7 Å². The lowest BCUT2D eigenvalue weighted by Gasteiger charge is -2.11. The molecule has 0 aliphatic rings. The maximum atomic E-state index is 12.4. The predicted octanol–water partition coefficient (Wildman–Crippen LogP) is 4.67. The number of aromatic nitrogens is 2. The number of carbonyl (C=O) groups excluding carboxylic acids is 1. The standard InChI is InChI=1S/C23H23N3O5/c1-12(2)21-20(22(27)24-3)14-7-6-13(8-17(14)31-21)30-23-15-9-18(28-4)19(29-5)10-16(15)25-11-26-23/h6-12H,1-5H3,(H,24,27). The van der Waals surface area contributed by atoms with Gasteiger partial charge in [-0.1, -0.05) is 13.8 Å². The highest BCUT2D eigenvalue weighted by molar-refractivity contribution is 6.07. The van der Waals surface area contributed by atoms with E-state index in [-0.39, 0.29) is 11.8 Å². The van der Waals surface area contributed by atoms with Crippen LogP contribution in [0.3, 0.4) is 0 Å². The molecule has 0 atom stereocenters. The number of hydrogen-bond acceptors (Lipinski definition) is 7. The van der Waals surface area contributed by atoms with Gasteiger partial charge in [0.1, 0.15) is 23.4 Å². The maximum absolute atomic E-state index is 12.4. The molecule has 0 aliphatic heterocycles. The molecule has 2 aromatic carbocycles. The summed E-state index contributed by atoms with van der Waals surface area (Å²) in [7, 11) is 4.74. The van der Waals surface area contributed by atoms with Crippen molar-refractivity contribution < 1.29 is 23.4 Å². The normalized spacial score (nSPS) is 11.2. The van der Waals surface area contributed by atoms with Crippen molar-refractivity contribution in [3.63, 3.8) is 0 Å². The van der Waals surface area contributed by atoms with E-state index >= 15 is 0 Å². The van der Waals surface area contributed by atoms with Crippen LogP contribution in [0.4, 0.5) is 0 Å². The van der Waals surface area contributed by atoms with Crippen molar-refractivity contribution in [2.24, 2.45) is 0 Å². The van der Waals surface area contributed by atoms with E-state index in [2.05, 4.69) is 15.3 Å². The molecule has 0 spiro atoms. The minimum atomic E-state index is -0.182. The minimum Gasteiger partial charge on any atom is -0.493 e. The largest absolute Gasteiger partial charge is 0.493 e. The topological polar surface area (TPSA) is 95.7 Å². The summed E-state index contributed by atoms with van der Waals surface area (Å²) in [5.41, 5.74) is 1.77. The van der Waals surface area contributed by atoms with Gasteiger partial charge >= 0.3 is 0 Å². The van der Waals surface area contributed by atoms with Crippen LogP contribution in [-0.2, 0) is 0 Å². The van der Waals surface area contributed by atoms with Gasteiger partial charge in [0.25, 0.3) is 5.91 Å². The number of benzene rings is 2. The van der Waals surface area contributed by atoms with Crippen LogP contribution >= 0.6 is 0 Å². The summed E-state index contributed by atoms with van der Waals surface area (Å²) in [6.07, 6.45) is 1.43. The van der Waals surface area contributed by atoms with E-state index in [4.69, 9.17) is 18.6 Å². The summed E-state index contributed by atoms with van der Waals surface area (Å²) in [4.78, 5) is 21.0. The number of carbonyl (C=O) groups is 1. The lowest BCUT2D eigenvalue weighted by molar-refractivity contribution is 0.0962. The van der Waals surface area contributed by atoms with Crippen LogP contribution in [0.1, 0.15) is 35.9 Å². The Morgan fingerprint density at radius 1 is 1.03 bits per heavy atom. The first-order valence-electron chi connectivity index (χ1n) is 9.80. The monoisotopic (exact) mass is 421 g/mol. The highest BCUT2D eigenvalue weighted by Gasteiger charge is 2.22. The van der Waals surface area contributed by atoms with E-state index in [1.165, 1.54) is 6.33 Å². The van der Waals surface area contributed by atoms with Crippen molar-refractivity contribution in [3.05, 3.63) is 48.0 Å². The van der Waals surface area contributed by atoms with Crippen LogP contribution in [0.2, 0.25) is 0 Å². The lowest BCUT2D eigenvalue weighted by Crippen LogP contribution is -2.19. The molecule has 0 fully saturated rings. The second kappa shape index (κ2) is 8.14. The van der Waals surface area contributed by atoms with Gasteiger partial charge in [-0.05, 0) is 18.2 Å². The van der Waals surface area contributed by atoms with Crippen molar-refractivity contribution >= 4 is 27.8 Å². The number of rotatable bonds is 6. The smallest absolute Gasteiger partial charge is 0.255 e. The number of amides is 1. The Bertz CT molecular complexity index is 1280. The van der Waals surface area contributed by atoms with Crippen molar-refractivity contribution in [3.8, 4) is 23.1 Å². The second-order valence-corrected chi connectivity index (χ2v) is 7.24. The number of furan rings is 1. The Balaban J connectivity index is 1.78. The summed E-state index contributed by atoms with van der Waals surface area (Å²) >= 11 is 0. The van der Waals surface area contributed by atoms with Gasteiger partial charge < -0.3 is 23.9 Å². The molecule has 0 saturated carbocycles. The van der Waals surface area contributed by atoms with E-state index < -0.39 is 0 Å². The molecule has 1 N–H and O–H groups in total. The molecule has 8 nitrogen and oxygen atoms in total. The maximum Gasteiger partial charge on any atom is 0.255 e. The van der Waals surface area contributed by atoms with Crippen LogP contribution in [0.25, 0.3) is 21.9 Å². The Morgan fingerprint density at radius 3 is 2.45 bits per heavy atom. The van der Waals surface area contributed by atoms with E-state index in [0.717, 1.165) is 5.39 Å².